The lowest BCUT2D eigenvalue weighted by Crippen LogP contribution is -2.30. The molecular weight excluding hydrogens is 463 g/mol. The third kappa shape index (κ3) is 5.37. The SMILES string of the molecule is COC(=O)c1ccc2c(c1)n(CCN1CCCC1)c(=N)n2CCCOc1ccc(Cl)cc1Cl. The topological polar surface area (TPSA) is 72.5 Å². The number of methoxy groups -OCH3 is 1. The number of ether oxygens (including phenoxy) is 2. The van der Waals surface area contributed by atoms with Gasteiger partial charge in [-0.3, -0.25) is 5.41 Å². The number of halogens is 2. The molecule has 1 fully saturated rings. The minimum absolute atomic E-state index is 0.379. The molecule has 7 nitrogen and oxygen atoms in total. The summed E-state index contributed by atoms with van der Waals surface area (Å²) < 4.78 is 14.7. The van der Waals surface area contributed by atoms with Gasteiger partial charge in [0.1, 0.15) is 5.75 Å². The molecule has 0 spiro atoms. The van der Waals surface area contributed by atoms with Crippen molar-refractivity contribution in [2.24, 2.45) is 0 Å². The van der Waals surface area contributed by atoms with Crippen molar-refractivity contribution in [1.82, 2.24) is 14.0 Å². The van der Waals surface area contributed by atoms with Crippen molar-refractivity contribution in [3.63, 3.8) is 0 Å². The first-order valence-corrected chi connectivity index (χ1v) is 11.9. The maximum atomic E-state index is 12.1. The number of nitrogens with zero attached hydrogens (tertiary/aromatic N) is 3. The summed E-state index contributed by atoms with van der Waals surface area (Å²) in [4.78, 5) is 14.5. The molecule has 3 aromatic rings. The Morgan fingerprint density at radius 1 is 1.00 bits per heavy atom. The van der Waals surface area contributed by atoms with Gasteiger partial charge in [0.05, 0.1) is 35.3 Å². The van der Waals surface area contributed by atoms with Gasteiger partial charge in [0.2, 0.25) is 5.62 Å². The second-order valence-electron chi connectivity index (χ2n) is 8.15. The molecule has 176 valence electrons. The van der Waals surface area contributed by atoms with Crippen molar-refractivity contribution in [2.75, 3.05) is 33.4 Å². The third-order valence-corrected chi connectivity index (χ3v) is 6.54. The smallest absolute Gasteiger partial charge is 0.337 e. The minimum Gasteiger partial charge on any atom is -0.492 e. The minimum atomic E-state index is -0.379. The number of aromatic nitrogens is 2. The zero-order chi connectivity index (χ0) is 23.4. The summed E-state index contributed by atoms with van der Waals surface area (Å²) in [6.45, 7) is 4.85. The molecule has 0 bridgehead atoms. The van der Waals surface area contributed by atoms with Crippen LogP contribution in [0.1, 0.15) is 29.6 Å². The maximum absolute atomic E-state index is 12.1. The van der Waals surface area contributed by atoms with Crippen LogP contribution in [-0.4, -0.2) is 53.4 Å². The van der Waals surface area contributed by atoms with E-state index in [0.29, 0.717) is 53.1 Å². The molecule has 1 saturated heterocycles. The average molecular weight is 491 g/mol. The number of likely N-dealkylation sites (tertiary alicyclic amines) is 1. The van der Waals surface area contributed by atoms with Crippen molar-refractivity contribution < 1.29 is 14.3 Å². The number of aryl methyl sites for hydroxylation is 1. The molecule has 9 heteroatoms. The highest BCUT2D eigenvalue weighted by atomic mass is 35.5. The predicted molar refractivity (Wildman–Crippen MR) is 129 cm³/mol. The van der Waals surface area contributed by atoms with Crippen molar-refractivity contribution >= 4 is 40.2 Å². The molecular formula is C24H28Cl2N4O3. The van der Waals surface area contributed by atoms with E-state index >= 15 is 0 Å². The van der Waals surface area contributed by atoms with E-state index in [4.69, 9.17) is 38.1 Å². The number of hydrogen-bond donors (Lipinski definition) is 1. The van der Waals surface area contributed by atoms with Gasteiger partial charge in [-0.25, -0.2) is 4.79 Å². The number of imidazole rings is 1. The lowest BCUT2D eigenvalue weighted by atomic mass is 10.2. The van der Waals surface area contributed by atoms with Crippen LogP contribution in [-0.2, 0) is 17.8 Å². The molecule has 2 heterocycles. The lowest BCUT2D eigenvalue weighted by Gasteiger charge is -2.15. The molecule has 2 aromatic carbocycles. The molecule has 0 amide bonds. The quantitative estimate of drug-likeness (QED) is 0.351. The Hall–Kier alpha value is -2.48. The lowest BCUT2D eigenvalue weighted by molar-refractivity contribution is 0.0601. The highest BCUT2D eigenvalue weighted by molar-refractivity contribution is 6.35. The number of fused-ring (bicyclic) bond motifs is 1. The van der Waals surface area contributed by atoms with Crippen LogP contribution in [0.25, 0.3) is 11.0 Å². The monoisotopic (exact) mass is 490 g/mol. The van der Waals surface area contributed by atoms with Crippen LogP contribution in [0.3, 0.4) is 0 Å². The zero-order valence-corrected chi connectivity index (χ0v) is 20.2. The molecule has 0 aliphatic carbocycles. The van der Waals surface area contributed by atoms with Crippen LogP contribution in [0, 0.1) is 5.41 Å². The molecule has 33 heavy (non-hydrogen) atoms. The first-order chi connectivity index (χ1) is 16.0. The van der Waals surface area contributed by atoms with Crippen LogP contribution < -0.4 is 10.4 Å². The Labute approximate surface area is 202 Å². The Bertz CT molecular complexity index is 1200. The van der Waals surface area contributed by atoms with E-state index in [2.05, 4.69) is 4.90 Å². The van der Waals surface area contributed by atoms with Crippen LogP contribution in [0.4, 0.5) is 0 Å². The summed E-state index contributed by atoms with van der Waals surface area (Å²) in [5.41, 5.74) is 2.68. The molecule has 1 N–H and O–H groups in total. The number of rotatable bonds is 9. The summed E-state index contributed by atoms with van der Waals surface area (Å²) in [6.07, 6.45) is 3.15. The zero-order valence-electron chi connectivity index (χ0n) is 18.7. The van der Waals surface area contributed by atoms with E-state index in [0.717, 1.165) is 30.7 Å². The van der Waals surface area contributed by atoms with Gasteiger partial charge < -0.3 is 23.5 Å². The predicted octanol–water partition coefficient (Wildman–Crippen LogP) is 4.58. The van der Waals surface area contributed by atoms with Gasteiger partial charge in [-0.15, -0.1) is 0 Å². The number of esters is 1. The highest BCUT2D eigenvalue weighted by Crippen LogP contribution is 2.27. The van der Waals surface area contributed by atoms with Crippen molar-refractivity contribution in [2.45, 2.75) is 32.4 Å². The van der Waals surface area contributed by atoms with Gasteiger partial charge in [-0.2, -0.15) is 0 Å². The number of carbonyl (C=O) groups is 1. The van der Waals surface area contributed by atoms with E-state index in [9.17, 15) is 4.79 Å². The molecule has 0 saturated carbocycles. The Kier molecular flexibility index (Phi) is 7.63. The Morgan fingerprint density at radius 2 is 1.76 bits per heavy atom. The van der Waals surface area contributed by atoms with Gasteiger partial charge in [-0.05, 0) is 68.8 Å². The second kappa shape index (κ2) is 10.6. The fourth-order valence-corrected chi connectivity index (χ4v) is 4.75. The van der Waals surface area contributed by atoms with E-state index in [1.165, 1.54) is 20.0 Å². The van der Waals surface area contributed by atoms with Crippen molar-refractivity contribution in [3.05, 3.63) is 57.6 Å². The molecule has 0 radical (unpaired) electrons. The van der Waals surface area contributed by atoms with Gasteiger partial charge in [0, 0.05) is 24.7 Å². The molecule has 1 aromatic heterocycles. The summed E-state index contributed by atoms with van der Waals surface area (Å²) >= 11 is 12.1. The second-order valence-corrected chi connectivity index (χ2v) is 8.99. The van der Waals surface area contributed by atoms with Crippen LogP contribution in [0.5, 0.6) is 5.75 Å². The largest absolute Gasteiger partial charge is 0.492 e. The van der Waals surface area contributed by atoms with Crippen LogP contribution in [0.2, 0.25) is 10.0 Å². The molecule has 1 aliphatic rings. The third-order valence-electron chi connectivity index (χ3n) is 6.01. The van der Waals surface area contributed by atoms with E-state index < -0.39 is 0 Å². The van der Waals surface area contributed by atoms with E-state index in [1.54, 1.807) is 24.3 Å². The van der Waals surface area contributed by atoms with Crippen LogP contribution in [0.15, 0.2) is 36.4 Å². The first kappa shape index (κ1) is 23.7. The Morgan fingerprint density at radius 3 is 2.48 bits per heavy atom. The van der Waals surface area contributed by atoms with Crippen LogP contribution >= 0.6 is 23.2 Å². The number of nitrogens with one attached hydrogen (secondary N) is 1. The summed E-state index contributed by atoms with van der Waals surface area (Å²) in [5, 5.41) is 9.89. The average Bonchev–Trinajstić information content (AvgIpc) is 3.42. The Balaban J connectivity index is 1.53. The van der Waals surface area contributed by atoms with Gasteiger partial charge >= 0.3 is 5.97 Å². The fourth-order valence-electron chi connectivity index (χ4n) is 4.28. The molecule has 0 unspecified atom stereocenters. The molecule has 4 rings (SSSR count). The number of benzene rings is 2. The molecule has 0 atom stereocenters. The first-order valence-electron chi connectivity index (χ1n) is 11.1. The van der Waals surface area contributed by atoms with E-state index in [1.807, 2.05) is 21.3 Å². The fraction of sp³-hybridized carbons (Fsp3) is 0.417. The van der Waals surface area contributed by atoms with E-state index in [-0.39, 0.29) is 5.97 Å². The summed E-state index contributed by atoms with van der Waals surface area (Å²) in [5.74, 6) is 0.212. The summed E-state index contributed by atoms with van der Waals surface area (Å²) in [7, 11) is 1.38. The maximum Gasteiger partial charge on any atom is 0.337 e. The van der Waals surface area contributed by atoms with Gasteiger partial charge in [0.15, 0.2) is 0 Å². The standard InChI is InChI=1S/C24H28Cl2N4O3/c1-32-23(31)17-5-7-20-21(15-17)30(13-12-28-9-2-3-10-28)24(27)29(20)11-4-14-33-22-8-6-18(25)16-19(22)26/h5-8,15-16,27H,2-4,9-14H2,1H3. The molecule has 1 aliphatic heterocycles. The van der Waals surface area contributed by atoms with Gasteiger partial charge in [0.25, 0.3) is 0 Å². The highest BCUT2D eigenvalue weighted by Gasteiger charge is 2.17. The normalized spacial score (nSPS) is 14.2. The van der Waals surface area contributed by atoms with Crippen molar-refractivity contribution in [3.8, 4) is 5.75 Å². The van der Waals surface area contributed by atoms with Gasteiger partial charge in [-0.1, -0.05) is 23.2 Å². The summed E-state index contributed by atoms with van der Waals surface area (Å²) in [6, 6.07) is 10.6. The number of hydrogen-bond acceptors (Lipinski definition) is 5. The number of carbonyl (C=O) groups excluding carboxylic acids is 1. The van der Waals surface area contributed by atoms with Crippen molar-refractivity contribution in [1.29, 1.82) is 5.41 Å².